The molecule has 0 radical (unpaired) electrons. The lowest BCUT2D eigenvalue weighted by molar-refractivity contribution is -0.133. The van der Waals surface area contributed by atoms with Crippen LogP contribution in [-0.4, -0.2) is 56.1 Å². The van der Waals surface area contributed by atoms with Crippen LogP contribution in [0.1, 0.15) is 42.9 Å². The SMILES string of the molecule is COc1ccc(OC)c([C@H]2CCCN2C(=O)CN2CCC(Cc3ccccc3)CC2)c1. The smallest absolute Gasteiger partial charge is 0.237 e. The minimum Gasteiger partial charge on any atom is -0.497 e. The number of likely N-dealkylation sites (tertiary alicyclic amines) is 2. The Kier molecular flexibility index (Phi) is 7.13. The van der Waals surface area contributed by atoms with Crippen LogP contribution < -0.4 is 9.47 Å². The van der Waals surface area contributed by atoms with Gasteiger partial charge in [-0.25, -0.2) is 0 Å². The van der Waals surface area contributed by atoms with Crippen LogP contribution in [0.4, 0.5) is 0 Å². The van der Waals surface area contributed by atoms with Crippen molar-refractivity contribution < 1.29 is 14.3 Å². The summed E-state index contributed by atoms with van der Waals surface area (Å²) < 4.78 is 11.0. The number of hydrogen-bond acceptors (Lipinski definition) is 4. The highest BCUT2D eigenvalue weighted by molar-refractivity contribution is 5.79. The number of benzene rings is 2. The molecule has 2 saturated heterocycles. The first-order valence-electron chi connectivity index (χ1n) is 11.5. The lowest BCUT2D eigenvalue weighted by atomic mass is 9.90. The Labute approximate surface area is 185 Å². The fourth-order valence-electron chi connectivity index (χ4n) is 5.07. The zero-order valence-electron chi connectivity index (χ0n) is 18.8. The van der Waals surface area contributed by atoms with E-state index >= 15 is 0 Å². The lowest BCUT2D eigenvalue weighted by Crippen LogP contribution is -2.43. The number of rotatable bonds is 7. The zero-order chi connectivity index (χ0) is 21.6. The molecule has 5 heteroatoms. The van der Waals surface area contributed by atoms with E-state index < -0.39 is 0 Å². The molecule has 4 rings (SSSR count). The summed E-state index contributed by atoms with van der Waals surface area (Å²) in [5.74, 6) is 2.58. The van der Waals surface area contributed by atoms with Crippen molar-refractivity contribution in [3.8, 4) is 11.5 Å². The fourth-order valence-corrected chi connectivity index (χ4v) is 5.07. The molecular weight excluding hydrogens is 388 g/mol. The highest BCUT2D eigenvalue weighted by Gasteiger charge is 2.33. The van der Waals surface area contributed by atoms with Crippen LogP contribution in [-0.2, 0) is 11.2 Å². The van der Waals surface area contributed by atoms with Gasteiger partial charge in [0.05, 0.1) is 26.8 Å². The van der Waals surface area contributed by atoms with Gasteiger partial charge in [0, 0.05) is 12.1 Å². The van der Waals surface area contributed by atoms with Gasteiger partial charge in [-0.1, -0.05) is 30.3 Å². The van der Waals surface area contributed by atoms with E-state index in [9.17, 15) is 4.79 Å². The maximum atomic E-state index is 13.2. The fraction of sp³-hybridized carbons (Fsp3) is 0.500. The third-order valence-electron chi connectivity index (χ3n) is 6.80. The molecular formula is C26H34N2O3. The van der Waals surface area contributed by atoms with Gasteiger partial charge in [0.2, 0.25) is 5.91 Å². The van der Waals surface area contributed by atoms with E-state index in [0.29, 0.717) is 12.5 Å². The van der Waals surface area contributed by atoms with Crippen molar-refractivity contribution in [2.45, 2.75) is 38.1 Å². The van der Waals surface area contributed by atoms with Crippen molar-refractivity contribution >= 4 is 5.91 Å². The van der Waals surface area contributed by atoms with E-state index in [1.807, 2.05) is 23.1 Å². The topological polar surface area (TPSA) is 42.0 Å². The van der Waals surface area contributed by atoms with Gasteiger partial charge in [0.15, 0.2) is 0 Å². The molecule has 1 atom stereocenters. The maximum Gasteiger partial charge on any atom is 0.237 e. The molecule has 0 bridgehead atoms. The molecule has 5 nitrogen and oxygen atoms in total. The van der Waals surface area contributed by atoms with Gasteiger partial charge in [0.25, 0.3) is 0 Å². The van der Waals surface area contributed by atoms with Crippen LogP contribution in [0.5, 0.6) is 11.5 Å². The van der Waals surface area contributed by atoms with Crippen molar-refractivity contribution in [2.75, 3.05) is 40.4 Å². The predicted octanol–water partition coefficient (Wildman–Crippen LogP) is 4.32. The first-order valence-corrected chi connectivity index (χ1v) is 11.5. The van der Waals surface area contributed by atoms with Crippen LogP contribution in [0.2, 0.25) is 0 Å². The van der Waals surface area contributed by atoms with Gasteiger partial charge in [-0.2, -0.15) is 0 Å². The number of piperidine rings is 1. The Morgan fingerprint density at radius 1 is 0.968 bits per heavy atom. The summed E-state index contributed by atoms with van der Waals surface area (Å²) in [5, 5.41) is 0. The molecule has 166 valence electrons. The molecule has 2 aliphatic rings. The van der Waals surface area contributed by atoms with E-state index in [4.69, 9.17) is 9.47 Å². The van der Waals surface area contributed by atoms with Gasteiger partial charge in [-0.3, -0.25) is 9.69 Å². The van der Waals surface area contributed by atoms with Gasteiger partial charge in [-0.15, -0.1) is 0 Å². The second-order valence-corrected chi connectivity index (χ2v) is 8.76. The van der Waals surface area contributed by atoms with Crippen LogP contribution in [0, 0.1) is 5.92 Å². The van der Waals surface area contributed by atoms with Crippen LogP contribution in [0.15, 0.2) is 48.5 Å². The zero-order valence-corrected chi connectivity index (χ0v) is 18.8. The number of ether oxygens (including phenoxy) is 2. The van der Waals surface area contributed by atoms with Crippen molar-refractivity contribution in [3.05, 3.63) is 59.7 Å². The molecule has 0 N–H and O–H groups in total. The minimum atomic E-state index is 0.0631. The molecule has 2 aromatic carbocycles. The number of amides is 1. The van der Waals surface area contributed by atoms with E-state index in [0.717, 1.165) is 68.8 Å². The average Bonchev–Trinajstić information content (AvgIpc) is 3.30. The monoisotopic (exact) mass is 422 g/mol. The summed E-state index contributed by atoms with van der Waals surface area (Å²) in [5.41, 5.74) is 2.47. The summed E-state index contributed by atoms with van der Waals surface area (Å²) in [4.78, 5) is 17.6. The van der Waals surface area contributed by atoms with E-state index in [-0.39, 0.29) is 11.9 Å². The largest absolute Gasteiger partial charge is 0.497 e. The van der Waals surface area contributed by atoms with Crippen molar-refractivity contribution in [1.82, 2.24) is 9.80 Å². The Hall–Kier alpha value is -2.53. The molecule has 1 amide bonds. The summed E-state index contributed by atoms with van der Waals surface area (Å²) in [6, 6.07) is 16.7. The molecule has 2 fully saturated rings. The standard InChI is InChI=1S/C26H34N2O3/c1-30-22-10-11-25(31-2)23(18-22)24-9-6-14-28(24)26(29)19-27-15-12-21(13-16-27)17-20-7-4-3-5-8-20/h3-5,7-8,10-11,18,21,24H,6,9,12-17,19H2,1-2H3/t24-/m1/s1. The second-order valence-electron chi connectivity index (χ2n) is 8.76. The molecule has 0 spiro atoms. The van der Waals surface area contributed by atoms with Crippen LogP contribution in [0.25, 0.3) is 0 Å². The van der Waals surface area contributed by atoms with Gasteiger partial charge in [-0.05, 0) is 74.9 Å². The van der Waals surface area contributed by atoms with Crippen LogP contribution in [0.3, 0.4) is 0 Å². The van der Waals surface area contributed by atoms with E-state index in [1.54, 1.807) is 14.2 Å². The summed E-state index contributed by atoms with van der Waals surface area (Å²) in [6.45, 7) is 3.34. The van der Waals surface area contributed by atoms with E-state index in [1.165, 1.54) is 5.56 Å². The Morgan fingerprint density at radius 2 is 1.74 bits per heavy atom. The Bertz CT molecular complexity index is 862. The third kappa shape index (κ3) is 5.21. The molecule has 0 aliphatic carbocycles. The number of nitrogens with zero attached hydrogens (tertiary/aromatic N) is 2. The van der Waals surface area contributed by atoms with Gasteiger partial charge < -0.3 is 14.4 Å². The van der Waals surface area contributed by atoms with Crippen LogP contribution >= 0.6 is 0 Å². The molecule has 2 aliphatic heterocycles. The summed E-state index contributed by atoms with van der Waals surface area (Å²) in [7, 11) is 3.36. The summed E-state index contributed by atoms with van der Waals surface area (Å²) >= 11 is 0. The molecule has 0 aromatic heterocycles. The lowest BCUT2D eigenvalue weighted by Gasteiger charge is -2.34. The first kappa shape index (κ1) is 21.7. The Morgan fingerprint density at radius 3 is 2.45 bits per heavy atom. The predicted molar refractivity (Wildman–Crippen MR) is 123 cm³/mol. The van der Waals surface area contributed by atoms with Gasteiger partial charge >= 0.3 is 0 Å². The molecule has 2 aromatic rings. The second kappa shape index (κ2) is 10.2. The molecule has 31 heavy (non-hydrogen) atoms. The highest BCUT2D eigenvalue weighted by Crippen LogP contribution is 2.39. The third-order valence-corrected chi connectivity index (χ3v) is 6.80. The molecule has 0 saturated carbocycles. The minimum absolute atomic E-state index is 0.0631. The summed E-state index contributed by atoms with van der Waals surface area (Å²) in [6.07, 6.45) is 5.46. The van der Waals surface area contributed by atoms with E-state index in [2.05, 4.69) is 35.2 Å². The number of hydrogen-bond donors (Lipinski definition) is 0. The Balaban J connectivity index is 1.34. The van der Waals surface area contributed by atoms with Crippen molar-refractivity contribution in [2.24, 2.45) is 5.92 Å². The maximum absolute atomic E-state index is 13.2. The average molecular weight is 423 g/mol. The first-order chi connectivity index (χ1) is 15.2. The molecule has 2 heterocycles. The quantitative estimate of drug-likeness (QED) is 0.666. The van der Waals surface area contributed by atoms with Crippen molar-refractivity contribution in [3.63, 3.8) is 0 Å². The highest BCUT2D eigenvalue weighted by atomic mass is 16.5. The number of methoxy groups -OCH3 is 2. The normalized spacial score (nSPS) is 20.1. The number of carbonyl (C=O) groups excluding carboxylic acids is 1. The molecule has 0 unspecified atom stereocenters. The van der Waals surface area contributed by atoms with Gasteiger partial charge in [0.1, 0.15) is 11.5 Å². The number of carbonyl (C=O) groups is 1. The van der Waals surface area contributed by atoms with Crippen molar-refractivity contribution in [1.29, 1.82) is 0 Å².